The second kappa shape index (κ2) is 23.2. The molecule has 1 N–H and O–H groups in total. The number of benzene rings is 6. The SMILES string of the molecule is COCOc1c(C=O)ccc2cccc(-c3ccccc3)c12.O=Cc1ccc2cccc(-c3ccccc3)c2c1O.S=S=S=S.S=S=S=S=S. The first-order valence-electron chi connectivity index (χ1n) is 14.3. The van der Waals surface area contributed by atoms with E-state index in [4.69, 9.17) is 9.47 Å². The van der Waals surface area contributed by atoms with Crippen LogP contribution in [0.1, 0.15) is 20.7 Å². The third-order valence-corrected chi connectivity index (χ3v) is 13.6. The summed E-state index contributed by atoms with van der Waals surface area (Å²) in [6.07, 6.45) is 1.49. The van der Waals surface area contributed by atoms with Gasteiger partial charge in [-0.2, -0.15) is 0 Å². The zero-order valence-corrected chi connectivity index (χ0v) is 33.5. The molecule has 0 saturated carbocycles. The Bertz CT molecular complexity index is 2250. The smallest absolute Gasteiger partial charge is 0.188 e. The van der Waals surface area contributed by atoms with Crippen LogP contribution in [0.5, 0.6) is 11.5 Å². The number of hydrogen-bond acceptors (Lipinski definition) is 9. The zero-order chi connectivity index (χ0) is 36.1. The molecule has 0 bridgehead atoms. The van der Waals surface area contributed by atoms with Gasteiger partial charge in [-0.05, 0) is 45.2 Å². The monoisotopic (exact) mass is 828 g/mol. The molecule has 5 nitrogen and oxygen atoms in total. The van der Waals surface area contributed by atoms with E-state index >= 15 is 0 Å². The van der Waals surface area contributed by atoms with Gasteiger partial charge in [0.25, 0.3) is 0 Å². The number of rotatable bonds is 7. The van der Waals surface area contributed by atoms with Crippen molar-refractivity contribution in [1.82, 2.24) is 0 Å². The molecule has 0 saturated heterocycles. The fraction of sp³-hybridized carbons (Fsp3) is 0.0556. The quantitative estimate of drug-likeness (QED) is 0.127. The average molecular weight is 829 g/mol. The normalized spacial score (nSPS) is 9.62. The zero-order valence-electron chi connectivity index (χ0n) is 26.2. The Morgan fingerprint density at radius 1 is 0.580 bits per heavy atom. The number of aldehydes is 2. The van der Waals surface area contributed by atoms with Gasteiger partial charge in [0.2, 0.25) is 0 Å². The van der Waals surface area contributed by atoms with Crippen molar-refractivity contribution in [2.45, 2.75) is 0 Å². The summed E-state index contributed by atoms with van der Waals surface area (Å²) in [5.41, 5.74) is 4.90. The minimum atomic E-state index is 0.0481. The van der Waals surface area contributed by atoms with Crippen LogP contribution in [0.4, 0.5) is 0 Å². The van der Waals surface area contributed by atoms with Gasteiger partial charge in [0.15, 0.2) is 19.4 Å². The van der Waals surface area contributed by atoms with E-state index in [0.717, 1.165) is 50.1 Å². The molecule has 0 atom stereocenters. The van der Waals surface area contributed by atoms with Crippen molar-refractivity contribution in [3.63, 3.8) is 0 Å². The Labute approximate surface area is 324 Å². The van der Waals surface area contributed by atoms with Crippen molar-refractivity contribution in [3.8, 4) is 33.8 Å². The van der Waals surface area contributed by atoms with Crippen LogP contribution in [0.2, 0.25) is 0 Å². The number of phenolic OH excluding ortho intramolecular Hbond substituents is 1. The molecule has 14 heteroatoms. The second-order valence-electron chi connectivity index (χ2n) is 9.65. The summed E-state index contributed by atoms with van der Waals surface area (Å²) in [5.74, 6) is 0.612. The van der Waals surface area contributed by atoms with Crippen LogP contribution in [0.3, 0.4) is 0 Å². The van der Waals surface area contributed by atoms with Crippen LogP contribution in [0.25, 0.3) is 43.8 Å². The lowest BCUT2D eigenvalue weighted by atomic mass is 9.96. The molecule has 50 heavy (non-hydrogen) atoms. The second-order valence-corrected chi connectivity index (χ2v) is 18.5. The largest absolute Gasteiger partial charge is 0.507 e. The van der Waals surface area contributed by atoms with E-state index in [-0.39, 0.29) is 12.5 Å². The molecule has 0 aromatic heterocycles. The van der Waals surface area contributed by atoms with Gasteiger partial charge in [0.05, 0.1) is 11.1 Å². The summed E-state index contributed by atoms with van der Waals surface area (Å²) < 4.78 is 10.7. The van der Waals surface area contributed by atoms with Gasteiger partial charge in [0.1, 0.15) is 11.5 Å². The summed E-state index contributed by atoms with van der Waals surface area (Å²) >= 11 is 17.5. The number of ether oxygens (including phenoxy) is 2. The molecule has 0 fully saturated rings. The van der Waals surface area contributed by atoms with E-state index in [1.165, 1.54) is 44.4 Å². The fourth-order valence-corrected chi connectivity index (χ4v) is 7.67. The predicted octanol–water partition coefficient (Wildman–Crippen LogP) is 8.31. The fourth-order valence-electron chi connectivity index (χ4n) is 4.93. The van der Waals surface area contributed by atoms with Gasteiger partial charge in [-0.25, -0.2) is 0 Å². The third kappa shape index (κ3) is 11.6. The van der Waals surface area contributed by atoms with Gasteiger partial charge in [-0.3, -0.25) is 9.59 Å². The third-order valence-electron chi connectivity index (χ3n) is 6.91. The minimum absolute atomic E-state index is 0.0481. The molecule has 0 heterocycles. The molecule has 6 aromatic rings. The molecule has 6 rings (SSSR count). The molecule has 0 aliphatic heterocycles. The van der Waals surface area contributed by atoms with Gasteiger partial charge in [-0.15, -0.1) is 0 Å². The molecule has 0 aliphatic carbocycles. The van der Waals surface area contributed by atoms with Crippen LogP contribution in [0, 0.1) is 0 Å². The van der Waals surface area contributed by atoms with Crippen molar-refractivity contribution in [2.75, 3.05) is 13.9 Å². The Hall–Kier alpha value is -3.28. The van der Waals surface area contributed by atoms with E-state index in [2.05, 4.69) is 44.8 Å². The number of phenols is 1. The van der Waals surface area contributed by atoms with Gasteiger partial charge < -0.3 is 14.6 Å². The summed E-state index contributed by atoms with van der Waals surface area (Å²) in [5, 5.41) is 13.9. The summed E-state index contributed by atoms with van der Waals surface area (Å²) in [4.78, 5) is 22.3. The Morgan fingerprint density at radius 2 is 1.06 bits per heavy atom. The van der Waals surface area contributed by atoms with Crippen LogP contribution in [-0.4, -0.2) is 31.6 Å². The molecular weight excluding hydrogens is 801 g/mol. The number of carbonyl (C=O) groups is 2. The molecular formula is C36H28O5S9. The molecule has 0 aliphatic rings. The first-order chi connectivity index (χ1) is 24.5. The van der Waals surface area contributed by atoms with E-state index in [0.29, 0.717) is 23.2 Å². The van der Waals surface area contributed by atoms with Crippen molar-refractivity contribution in [3.05, 3.63) is 132 Å². The minimum Gasteiger partial charge on any atom is -0.507 e. The maximum Gasteiger partial charge on any atom is 0.188 e. The highest BCUT2D eigenvalue weighted by molar-refractivity contribution is 8.59. The van der Waals surface area contributed by atoms with E-state index < -0.39 is 0 Å². The molecule has 0 unspecified atom stereocenters. The maximum atomic E-state index is 11.4. The summed E-state index contributed by atoms with van der Waals surface area (Å²) in [6.45, 7) is 0.100. The van der Waals surface area contributed by atoms with Gasteiger partial charge in [-0.1, -0.05) is 109 Å². The average Bonchev–Trinajstić information content (AvgIpc) is 3.18. The summed E-state index contributed by atoms with van der Waals surface area (Å²) in [6, 6.07) is 39.0. The predicted molar refractivity (Wildman–Crippen MR) is 230 cm³/mol. The first-order valence-corrected chi connectivity index (χ1v) is 23.6. The molecule has 0 amide bonds. The van der Waals surface area contributed by atoms with Crippen LogP contribution < -0.4 is 4.74 Å². The number of fused-ring (bicyclic) bond motifs is 2. The van der Waals surface area contributed by atoms with E-state index in [1.54, 1.807) is 19.2 Å². The van der Waals surface area contributed by atoms with Crippen LogP contribution in [-0.2, 0) is 93.9 Å². The Kier molecular flexibility index (Phi) is 19.1. The standard InChI is InChI=1S/C19H16O3.C17H12O2.S5.S4/c1-21-13-22-19-16(12-20)11-10-15-8-5-9-17(18(15)19)14-6-3-2-4-7-14;18-11-14-10-9-13-7-4-8-15(16(13)17(14)19)12-5-2-1-3-6-12;1-3-5-4-2;1-3-4-2/h2-12H,13H2,1H3;1-11,19H;;. The maximum absolute atomic E-state index is 11.4. The Morgan fingerprint density at radius 3 is 1.50 bits per heavy atom. The Balaban J connectivity index is 0.000000220. The first kappa shape index (κ1) is 41.1. The summed E-state index contributed by atoms with van der Waals surface area (Å²) in [7, 11) is 7.85. The van der Waals surface area contributed by atoms with Crippen molar-refractivity contribution in [1.29, 1.82) is 0 Å². The van der Waals surface area contributed by atoms with Gasteiger partial charge in [0, 0.05) is 107 Å². The molecule has 0 spiro atoms. The topological polar surface area (TPSA) is 72.8 Å². The highest BCUT2D eigenvalue weighted by Crippen LogP contribution is 2.38. The van der Waals surface area contributed by atoms with Crippen molar-refractivity contribution < 1.29 is 24.2 Å². The molecule has 256 valence electrons. The van der Waals surface area contributed by atoms with E-state index in [1.807, 2.05) is 109 Å². The van der Waals surface area contributed by atoms with Crippen LogP contribution in [0.15, 0.2) is 121 Å². The molecule has 0 radical (unpaired) electrons. The number of methoxy groups -OCH3 is 1. The number of aromatic hydroxyl groups is 1. The lowest BCUT2D eigenvalue weighted by molar-refractivity contribution is 0.0517. The van der Waals surface area contributed by atoms with E-state index in [9.17, 15) is 14.7 Å². The van der Waals surface area contributed by atoms with Gasteiger partial charge >= 0.3 is 0 Å². The highest BCUT2D eigenvalue weighted by atomic mass is 33.3. The van der Waals surface area contributed by atoms with Crippen LogP contribution >= 0.6 is 0 Å². The number of carbonyl (C=O) groups excluding carboxylic acids is 2. The van der Waals surface area contributed by atoms with Crippen molar-refractivity contribution >= 4 is 123 Å². The highest BCUT2D eigenvalue weighted by Gasteiger charge is 2.14. The molecule has 6 aromatic carbocycles. The number of hydrogen-bond donors (Lipinski definition) is 1. The lowest BCUT2D eigenvalue weighted by Crippen LogP contribution is -2.02. The lowest BCUT2D eigenvalue weighted by Gasteiger charge is -2.14. The van der Waals surface area contributed by atoms with Crippen molar-refractivity contribution in [2.24, 2.45) is 0 Å².